The van der Waals surface area contributed by atoms with Crippen LogP contribution in [-0.4, -0.2) is 98.9 Å². The Morgan fingerprint density at radius 1 is 1.14 bits per heavy atom. The van der Waals surface area contributed by atoms with Crippen molar-refractivity contribution in [1.82, 2.24) is 14.1 Å². The Balaban J connectivity index is 1.62. The van der Waals surface area contributed by atoms with Gasteiger partial charge in [-0.1, -0.05) is 23.7 Å². The van der Waals surface area contributed by atoms with Crippen LogP contribution < -0.4 is 0 Å². The number of hydrogen-bond acceptors (Lipinski definition) is 7. The fourth-order valence-corrected chi connectivity index (χ4v) is 6.34. The molecule has 0 N–H and O–H groups in total. The maximum Gasteiger partial charge on any atom is 0.321 e. The van der Waals surface area contributed by atoms with E-state index >= 15 is 0 Å². The molecule has 2 unspecified atom stereocenters. The lowest BCUT2D eigenvalue weighted by atomic mass is 10.1. The average molecular weight is 538 g/mol. The van der Waals surface area contributed by atoms with Gasteiger partial charge in [0.15, 0.2) is 0 Å². The van der Waals surface area contributed by atoms with Crippen LogP contribution in [0.3, 0.4) is 0 Å². The maximum absolute atomic E-state index is 13.7. The van der Waals surface area contributed by atoms with E-state index in [-0.39, 0.29) is 23.8 Å². The van der Waals surface area contributed by atoms with Gasteiger partial charge in [0.1, 0.15) is 18.6 Å². The van der Waals surface area contributed by atoms with Crippen molar-refractivity contribution in [3.63, 3.8) is 0 Å². The smallest absolute Gasteiger partial charge is 0.321 e. The Kier molecular flexibility index (Phi) is 7.84. The Morgan fingerprint density at radius 2 is 1.81 bits per heavy atom. The molecular formula is C24H28ClN3O7S. The molecule has 2 aromatic carbocycles. The van der Waals surface area contributed by atoms with E-state index in [2.05, 4.69) is 0 Å². The summed E-state index contributed by atoms with van der Waals surface area (Å²) in [5.41, 5.74) is 0. The summed E-state index contributed by atoms with van der Waals surface area (Å²) >= 11 is 6.03. The summed E-state index contributed by atoms with van der Waals surface area (Å²) < 4.78 is 38.3. The van der Waals surface area contributed by atoms with Crippen LogP contribution in [0.4, 0.5) is 0 Å². The molecule has 2 aromatic rings. The number of fused-ring (bicyclic) bond motifs is 1. The topological polar surface area (TPSA) is 114 Å². The third kappa shape index (κ3) is 5.19. The molecule has 36 heavy (non-hydrogen) atoms. The zero-order valence-electron chi connectivity index (χ0n) is 20.1. The molecule has 0 bridgehead atoms. The van der Waals surface area contributed by atoms with Gasteiger partial charge in [-0.05, 0) is 48.4 Å². The molecule has 2 fully saturated rings. The molecule has 2 amide bonds. The van der Waals surface area contributed by atoms with Crippen LogP contribution in [-0.2, 0) is 33.9 Å². The number of carbonyl (C=O) groups is 3. The molecule has 2 heterocycles. The third-order valence-corrected chi connectivity index (χ3v) is 8.69. The standard InChI is InChI=1S/C24H28ClN3O7S/c1-16(23(30)26-9-11-35-12-10-26)27-8-7-21(24(27)31)28(15-22(29)34-2)36(32,33)20-6-4-17-13-19(25)5-3-18(17)14-20/h3-6,13-14,16,21H,7-12,15H2,1-2H3. The van der Waals surface area contributed by atoms with E-state index in [9.17, 15) is 22.8 Å². The highest BCUT2D eigenvalue weighted by Gasteiger charge is 2.45. The van der Waals surface area contributed by atoms with Gasteiger partial charge in [-0.2, -0.15) is 4.31 Å². The first kappa shape index (κ1) is 26.3. The number of hydrogen-bond donors (Lipinski definition) is 0. The van der Waals surface area contributed by atoms with E-state index in [4.69, 9.17) is 21.1 Å². The van der Waals surface area contributed by atoms with E-state index < -0.39 is 40.5 Å². The van der Waals surface area contributed by atoms with Gasteiger partial charge in [-0.25, -0.2) is 8.42 Å². The van der Waals surface area contributed by atoms with E-state index in [1.54, 1.807) is 36.1 Å². The van der Waals surface area contributed by atoms with Crippen LogP contribution >= 0.6 is 11.6 Å². The third-order valence-electron chi connectivity index (χ3n) is 6.60. The summed E-state index contributed by atoms with van der Waals surface area (Å²) in [5, 5.41) is 1.91. The second-order valence-corrected chi connectivity index (χ2v) is 11.1. The van der Waals surface area contributed by atoms with Crippen LogP contribution in [0.1, 0.15) is 13.3 Å². The number of carbonyl (C=O) groups excluding carboxylic acids is 3. The number of likely N-dealkylation sites (tertiary alicyclic amines) is 1. The molecule has 10 nitrogen and oxygen atoms in total. The van der Waals surface area contributed by atoms with Crippen LogP contribution in [0, 0.1) is 0 Å². The van der Waals surface area contributed by atoms with Gasteiger partial charge in [-0.3, -0.25) is 14.4 Å². The molecular weight excluding hydrogens is 510 g/mol. The molecule has 0 aromatic heterocycles. The van der Waals surface area contributed by atoms with Crippen molar-refractivity contribution < 1.29 is 32.3 Å². The number of amides is 2. The molecule has 0 aliphatic carbocycles. The monoisotopic (exact) mass is 537 g/mol. The van der Waals surface area contributed by atoms with Crippen molar-refractivity contribution in [3.05, 3.63) is 41.4 Å². The Bertz CT molecular complexity index is 1280. The first-order valence-corrected chi connectivity index (χ1v) is 13.4. The fourth-order valence-electron chi connectivity index (χ4n) is 4.56. The summed E-state index contributed by atoms with van der Waals surface area (Å²) in [6.07, 6.45) is 0.138. The van der Waals surface area contributed by atoms with Gasteiger partial charge >= 0.3 is 5.97 Å². The lowest BCUT2D eigenvalue weighted by Gasteiger charge is -2.33. The molecule has 4 rings (SSSR count). The minimum absolute atomic E-state index is 0.0649. The van der Waals surface area contributed by atoms with Crippen molar-refractivity contribution in [2.45, 2.75) is 30.3 Å². The number of benzene rings is 2. The van der Waals surface area contributed by atoms with Crippen molar-refractivity contribution >= 4 is 50.2 Å². The molecule has 194 valence electrons. The van der Waals surface area contributed by atoms with Crippen molar-refractivity contribution in [2.24, 2.45) is 0 Å². The number of methoxy groups -OCH3 is 1. The van der Waals surface area contributed by atoms with Crippen molar-refractivity contribution in [1.29, 1.82) is 0 Å². The number of esters is 1. The van der Waals surface area contributed by atoms with Crippen LogP contribution in [0.2, 0.25) is 5.02 Å². The SMILES string of the molecule is COC(=O)CN(C1CCN(C(C)C(=O)N2CCOCC2)C1=O)S(=O)(=O)c1ccc2cc(Cl)ccc2c1. The molecule has 2 aliphatic rings. The quantitative estimate of drug-likeness (QED) is 0.492. The van der Waals surface area contributed by atoms with Gasteiger partial charge < -0.3 is 19.3 Å². The number of nitrogens with zero attached hydrogens (tertiary/aromatic N) is 3. The lowest BCUT2D eigenvalue weighted by molar-refractivity contribution is -0.147. The Morgan fingerprint density at radius 3 is 2.50 bits per heavy atom. The Labute approximate surface area is 214 Å². The van der Waals surface area contributed by atoms with Crippen LogP contribution in [0.5, 0.6) is 0 Å². The molecule has 0 saturated carbocycles. The first-order chi connectivity index (χ1) is 17.1. The molecule has 12 heteroatoms. The number of ether oxygens (including phenoxy) is 2. The summed E-state index contributed by atoms with van der Waals surface area (Å²) in [6.45, 7) is 2.91. The summed E-state index contributed by atoms with van der Waals surface area (Å²) in [4.78, 5) is 41.5. The number of halogens is 1. The zero-order valence-corrected chi connectivity index (χ0v) is 21.6. The molecule has 2 saturated heterocycles. The summed E-state index contributed by atoms with van der Waals surface area (Å²) in [7, 11) is -3.12. The molecule has 0 radical (unpaired) electrons. The maximum atomic E-state index is 13.7. The van der Waals surface area contributed by atoms with E-state index in [1.807, 2.05) is 0 Å². The second kappa shape index (κ2) is 10.7. The number of rotatable bonds is 7. The molecule has 0 spiro atoms. The highest BCUT2D eigenvalue weighted by molar-refractivity contribution is 7.89. The Hall–Kier alpha value is -2.73. The first-order valence-electron chi connectivity index (χ1n) is 11.6. The van der Waals surface area contributed by atoms with Crippen LogP contribution in [0.15, 0.2) is 41.3 Å². The van der Waals surface area contributed by atoms with E-state index in [0.29, 0.717) is 36.7 Å². The van der Waals surface area contributed by atoms with E-state index in [1.165, 1.54) is 17.0 Å². The predicted octanol–water partition coefficient (Wildman–Crippen LogP) is 1.51. The number of morpholine rings is 1. The van der Waals surface area contributed by atoms with Gasteiger partial charge in [0.2, 0.25) is 21.8 Å². The highest BCUT2D eigenvalue weighted by Crippen LogP contribution is 2.29. The normalized spacial score (nSPS) is 19.7. The summed E-state index contributed by atoms with van der Waals surface area (Å²) in [6, 6.07) is 7.66. The molecule has 2 aliphatic heterocycles. The predicted molar refractivity (Wildman–Crippen MR) is 132 cm³/mol. The van der Waals surface area contributed by atoms with Gasteiger partial charge in [0, 0.05) is 24.7 Å². The average Bonchev–Trinajstić information content (AvgIpc) is 3.26. The van der Waals surface area contributed by atoms with Crippen LogP contribution in [0.25, 0.3) is 10.8 Å². The zero-order chi connectivity index (χ0) is 26.0. The largest absolute Gasteiger partial charge is 0.468 e. The van der Waals surface area contributed by atoms with Gasteiger partial charge in [0.25, 0.3) is 0 Å². The molecule has 2 atom stereocenters. The van der Waals surface area contributed by atoms with Crippen molar-refractivity contribution in [3.8, 4) is 0 Å². The van der Waals surface area contributed by atoms with E-state index in [0.717, 1.165) is 16.8 Å². The second-order valence-electron chi connectivity index (χ2n) is 8.73. The van der Waals surface area contributed by atoms with Gasteiger partial charge in [0.05, 0.1) is 25.2 Å². The van der Waals surface area contributed by atoms with Gasteiger partial charge in [-0.15, -0.1) is 0 Å². The minimum atomic E-state index is -4.27. The van der Waals surface area contributed by atoms with Crippen molar-refractivity contribution in [2.75, 3.05) is 46.5 Å². The highest BCUT2D eigenvalue weighted by atomic mass is 35.5. The lowest BCUT2D eigenvalue weighted by Crippen LogP contribution is -2.53. The summed E-state index contributed by atoms with van der Waals surface area (Å²) in [5.74, 6) is -1.54. The fraction of sp³-hybridized carbons (Fsp3) is 0.458. The minimum Gasteiger partial charge on any atom is -0.468 e. The number of sulfonamides is 1.